The van der Waals surface area contributed by atoms with Gasteiger partial charge < -0.3 is 4.43 Å². The zero-order valence-electron chi connectivity index (χ0n) is 16.4. The summed E-state index contributed by atoms with van der Waals surface area (Å²) in [6.45, 7) is 11.4. The molecule has 144 valence electrons. The Hall–Kier alpha value is -0.493. The lowest BCUT2D eigenvalue weighted by molar-refractivity contribution is 0.0287. The van der Waals surface area contributed by atoms with Crippen molar-refractivity contribution in [2.45, 2.75) is 58.9 Å². The van der Waals surface area contributed by atoms with Crippen molar-refractivity contribution in [3.05, 3.63) is 34.9 Å². The lowest BCUT2D eigenvalue weighted by atomic mass is 9.70. The fourth-order valence-corrected chi connectivity index (χ4v) is 7.73. The average Bonchev–Trinajstić information content (AvgIpc) is 2.86. The Bertz CT molecular complexity index is 731. The first-order valence-corrected chi connectivity index (χ1v) is 14.5. The molecule has 0 heterocycles. The van der Waals surface area contributed by atoms with Crippen LogP contribution in [0.4, 0.5) is 0 Å². The van der Waals surface area contributed by atoms with Crippen LogP contribution in [-0.2, 0) is 15.4 Å². The molecular weight excluding hydrogens is 382 g/mol. The molecule has 2 fully saturated rings. The Morgan fingerprint density at radius 3 is 2.73 bits per heavy atom. The van der Waals surface area contributed by atoms with Crippen LogP contribution in [0, 0.1) is 16.7 Å². The van der Waals surface area contributed by atoms with Gasteiger partial charge in [0.25, 0.3) is 0 Å². The van der Waals surface area contributed by atoms with Crippen LogP contribution in [0.25, 0.3) is 0 Å². The number of hydrogen-bond donors (Lipinski definition) is 0. The summed E-state index contributed by atoms with van der Waals surface area (Å²) in [6.07, 6.45) is 5.31. The highest BCUT2D eigenvalue weighted by molar-refractivity contribution is 7.83. The number of hydrogen-bond acceptors (Lipinski definition) is 2. The van der Waals surface area contributed by atoms with E-state index in [1.165, 1.54) is 6.42 Å². The van der Waals surface area contributed by atoms with Crippen molar-refractivity contribution in [2.75, 3.05) is 5.75 Å². The van der Waals surface area contributed by atoms with Crippen molar-refractivity contribution in [1.29, 1.82) is 0 Å². The van der Waals surface area contributed by atoms with Crippen LogP contribution in [0.2, 0.25) is 24.7 Å². The number of nitrogens with zero attached hydrogens (tertiary/aromatic N) is 1. The average molecular weight is 412 g/mol. The highest BCUT2D eigenvalue weighted by atomic mass is 35.5. The molecule has 4 atom stereocenters. The summed E-state index contributed by atoms with van der Waals surface area (Å²) in [5.41, 5.74) is 1.00. The van der Waals surface area contributed by atoms with Crippen LogP contribution in [0.5, 0.6) is 0 Å². The van der Waals surface area contributed by atoms with E-state index in [1.807, 2.05) is 24.3 Å². The summed E-state index contributed by atoms with van der Waals surface area (Å²) in [5.74, 6) is 1.25. The molecule has 2 saturated carbocycles. The summed E-state index contributed by atoms with van der Waals surface area (Å²) in [6, 6.07) is 7.47. The molecule has 2 aliphatic rings. The van der Waals surface area contributed by atoms with Gasteiger partial charge in [-0.1, -0.05) is 37.6 Å². The molecule has 2 bridgehead atoms. The number of rotatable bonds is 6. The normalized spacial score (nSPS) is 31.6. The first kappa shape index (κ1) is 20.2. The fourth-order valence-electron chi connectivity index (χ4n) is 4.90. The maximum Gasteiger partial charge on any atom is 0.184 e. The molecule has 26 heavy (non-hydrogen) atoms. The maximum atomic E-state index is 12.9. The van der Waals surface area contributed by atoms with Gasteiger partial charge in [-0.15, -0.1) is 0 Å². The Kier molecular flexibility index (Phi) is 5.57. The van der Waals surface area contributed by atoms with Gasteiger partial charge in [0, 0.05) is 16.7 Å². The summed E-state index contributed by atoms with van der Waals surface area (Å²) in [7, 11) is -2.91. The lowest BCUT2D eigenvalue weighted by Crippen LogP contribution is -2.47. The van der Waals surface area contributed by atoms with Crippen molar-refractivity contribution >= 4 is 37.1 Å². The Morgan fingerprint density at radius 2 is 2.12 bits per heavy atom. The number of benzene rings is 1. The van der Waals surface area contributed by atoms with Crippen LogP contribution in [-0.4, -0.2) is 30.6 Å². The smallest absolute Gasteiger partial charge is 0.184 e. The second kappa shape index (κ2) is 7.15. The van der Waals surface area contributed by atoms with Crippen molar-refractivity contribution in [3.8, 4) is 0 Å². The predicted molar refractivity (Wildman–Crippen MR) is 114 cm³/mol. The molecule has 1 aromatic carbocycles. The number of halogens is 1. The predicted octanol–water partition coefficient (Wildman–Crippen LogP) is 5.47. The lowest BCUT2D eigenvalue weighted by Gasteiger charge is -2.43. The Labute approximate surface area is 166 Å². The minimum absolute atomic E-state index is 0.0333. The van der Waals surface area contributed by atoms with E-state index >= 15 is 0 Å². The van der Waals surface area contributed by atoms with E-state index in [4.69, 9.17) is 16.0 Å². The van der Waals surface area contributed by atoms with Crippen molar-refractivity contribution in [2.24, 2.45) is 21.1 Å². The van der Waals surface area contributed by atoms with E-state index in [1.54, 1.807) is 6.21 Å². The van der Waals surface area contributed by atoms with Gasteiger partial charge in [-0.2, -0.15) is 4.40 Å². The molecular formula is C20H30ClNO2SSi. The van der Waals surface area contributed by atoms with E-state index in [2.05, 4.69) is 37.9 Å². The van der Waals surface area contributed by atoms with Crippen LogP contribution in [0.1, 0.15) is 38.7 Å². The second-order valence-corrected chi connectivity index (χ2v) is 15.4. The van der Waals surface area contributed by atoms with Gasteiger partial charge in [-0.25, -0.2) is 4.21 Å². The zero-order valence-corrected chi connectivity index (χ0v) is 19.0. The Morgan fingerprint density at radius 1 is 1.38 bits per heavy atom. The van der Waals surface area contributed by atoms with Crippen molar-refractivity contribution in [3.63, 3.8) is 0 Å². The number of fused-ring (bicyclic) bond motifs is 2. The van der Waals surface area contributed by atoms with Crippen molar-refractivity contribution in [1.82, 2.24) is 0 Å². The summed E-state index contributed by atoms with van der Waals surface area (Å²) in [4.78, 5) is 0. The molecule has 3 rings (SSSR count). The van der Waals surface area contributed by atoms with E-state index in [0.717, 1.165) is 18.4 Å². The van der Waals surface area contributed by atoms with Crippen LogP contribution in [0.3, 0.4) is 0 Å². The van der Waals surface area contributed by atoms with Gasteiger partial charge in [0.05, 0.1) is 11.9 Å². The molecule has 3 nitrogen and oxygen atoms in total. The van der Waals surface area contributed by atoms with E-state index in [9.17, 15) is 4.21 Å². The molecule has 6 heteroatoms. The minimum atomic E-state index is -1.65. The SMILES string of the molecule is CC1(C)[C@@H]2CC[C@@]1(CS(=O)/N=C/c1cccc(Cl)c1)[C@H](O[Si](C)(C)C)C2. The summed E-state index contributed by atoms with van der Waals surface area (Å²) < 4.78 is 23.8. The molecule has 1 aromatic rings. The highest BCUT2D eigenvalue weighted by Gasteiger charge is 2.65. The third-order valence-corrected chi connectivity index (χ3v) is 8.73. The Balaban J connectivity index is 1.79. The minimum Gasteiger partial charge on any atom is -0.414 e. The van der Waals surface area contributed by atoms with Crippen molar-refractivity contribution < 1.29 is 8.63 Å². The fraction of sp³-hybridized carbons (Fsp3) is 0.650. The first-order valence-electron chi connectivity index (χ1n) is 9.39. The molecule has 0 N–H and O–H groups in total. The topological polar surface area (TPSA) is 38.7 Å². The molecule has 0 aromatic heterocycles. The molecule has 2 aliphatic carbocycles. The first-order chi connectivity index (χ1) is 12.0. The molecule has 0 spiro atoms. The van der Waals surface area contributed by atoms with E-state index in [-0.39, 0.29) is 16.9 Å². The van der Waals surface area contributed by atoms with E-state index < -0.39 is 19.3 Å². The van der Waals surface area contributed by atoms with Gasteiger partial charge in [0.15, 0.2) is 8.32 Å². The standard InChI is InChI=1S/C20H30ClNO2SSi/c1-19(2)16-9-10-20(19,18(12-16)24-26(3,4)5)14-25(23)22-13-15-7-6-8-17(21)11-15/h6-8,11,13,16,18H,9-10,12,14H2,1-5H3/b22-13+/t16-,18-,20-,25?/m1/s1. The van der Waals surface area contributed by atoms with Crippen LogP contribution >= 0.6 is 11.6 Å². The molecule has 0 radical (unpaired) electrons. The highest BCUT2D eigenvalue weighted by Crippen LogP contribution is 2.67. The molecule has 0 aliphatic heterocycles. The summed E-state index contributed by atoms with van der Waals surface area (Å²) >= 11 is 6.02. The third kappa shape index (κ3) is 3.86. The van der Waals surface area contributed by atoms with Gasteiger partial charge in [0.1, 0.15) is 11.0 Å². The second-order valence-electron chi connectivity index (χ2n) is 9.32. The van der Waals surface area contributed by atoms with Gasteiger partial charge >= 0.3 is 0 Å². The molecule has 0 amide bonds. The molecule has 1 unspecified atom stereocenters. The van der Waals surface area contributed by atoms with Gasteiger partial charge in [0.2, 0.25) is 0 Å². The largest absolute Gasteiger partial charge is 0.414 e. The quantitative estimate of drug-likeness (QED) is 0.459. The third-order valence-electron chi connectivity index (χ3n) is 6.40. The van der Waals surface area contributed by atoms with Gasteiger partial charge in [-0.05, 0) is 67.9 Å². The van der Waals surface area contributed by atoms with Gasteiger partial charge in [-0.3, -0.25) is 0 Å². The monoisotopic (exact) mass is 411 g/mol. The van der Waals surface area contributed by atoms with Crippen LogP contribution < -0.4 is 0 Å². The zero-order chi connectivity index (χ0) is 19.2. The van der Waals surface area contributed by atoms with Crippen LogP contribution in [0.15, 0.2) is 28.7 Å². The molecule has 0 saturated heterocycles. The van der Waals surface area contributed by atoms with E-state index in [0.29, 0.717) is 16.7 Å². The maximum absolute atomic E-state index is 12.9. The summed E-state index contributed by atoms with van der Waals surface area (Å²) in [5, 5.41) is 0.664.